The molecule has 1 amide bonds. The summed E-state index contributed by atoms with van der Waals surface area (Å²) in [4.78, 5) is 12.4. The molecule has 0 aromatic heterocycles. The van der Waals surface area contributed by atoms with Crippen LogP contribution in [0.3, 0.4) is 0 Å². The van der Waals surface area contributed by atoms with Crippen LogP contribution in [-0.4, -0.2) is 12.5 Å². The Labute approximate surface area is 166 Å². The molecule has 3 nitrogen and oxygen atoms in total. The number of hydrogen-bond acceptors (Lipinski definition) is 2. The smallest absolute Gasteiger partial charge is 0.255 e. The molecule has 0 atom stereocenters. The van der Waals surface area contributed by atoms with E-state index in [4.69, 9.17) is 16.3 Å². The van der Waals surface area contributed by atoms with Crippen LogP contribution in [0.25, 0.3) is 0 Å². The van der Waals surface area contributed by atoms with Gasteiger partial charge in [0.05, 0.1) is 11.1 Å². The number of carbonyl (C=O) groups is 1. The largest absolute Gasteiger partial charge is 0.492 e. The minimum absolute atomic E-state index is 0.191. The van der Waals surface area contributed by atoms with E-state index in [-0.39, 0.29) is 5.91 Å². The lowest BCUT2D eigenvalue weighted by Gasteiger charge is -2.10. The zero-order valence-electron chi connectivity index (χ0n) is 13.9. The summed E-state index contributed by atoms with van der Waals surface area (Å²) < 4.78 is 6.56. The van der Waals surface area contributed by atoms with Crippen molar-refractivity contribution in [3.05, 3.63) is 93.4 Å². The van der Waals surface area contributed by atoms with Gasteiger partial charge in [-0.15, -0.1) is 0 Å². The fourth-order valence-corrected chi connectivity index (χ4v) is 3.04. The second-order valence-corrected chi connectivity index (χ2v) is 6.98. The third-order valence-corrected chi connectivity index (χ3v) is 4.66. The van der Waals surface area contributed by atoms with Gasteiger partial charge in [-0.1, -0.05) is 41.9 Å². The molecule has 0 aliphatic carbocycles. The molecule has 0 heterocycles. The number of hydrogen-bond donors (Lipinski definition) is 1. The van der Waals surface area contributed by atoms with E-state index in [1.165, 1.54) is 5.56 Å². The molecule has 0 saturated heterocycles. The molecule has 132 valence electrons. The molecule has 1 N–H and O–H groups in total. The number of anilines is 1. The highest BCUT2D eigenvalue weighted by Crippen LogP contribution is 2.26. The molecular formula is C21H17BrClNO2. The van der Waals surface area contributed by atoms with E-state index >= 15 is 0 Å². The number of nitrogens with one attached hydrogen (secondary N) is 1. The van der Waals surface area contributed by atoms with Crippen molar-refractivity contribution >= 4 is 39.1 Å². The van der Waals surface area contributed by atoms with Crippen molar-refractivity contribution in [2.45, 2.75) is 6.42 Å². The van der Waals surface area contributed by atoms with Gasteiger partial charge < -0.3 is 10.1 Å². The van der Waals surface area contributed by atoms with Gasteiger partial charge in [0, 0.05) is 22.7 Å². The van der Waals surface area contributed by atoms with Crippen molar-refractivity contribution in [3.8, 4) is 5.75 Å². The predicted molar refractivity (Wildman–Crippen MR) is 109 cm³/mol. The Balaban J connectivity index is 1.59. The van der Waals surface area contributed by atoms with Gasteiger partial charge in [0.15, 0.2) is 0 Å². The number of halogens is 2. The topological polar surface area (TPSA) is 38.3 Å². The van der Waals surface area contributed by atoms with Gasteiger partial charge >= 0.3 is 0 Å². The standard InChI is InChI=1S/C21H17BrClNO2/c22-19-14-16(21(25)24-18-9-7-17(23)8-10-18)6-11-20(19)26-13-12-15-4-2-1-3-5-15/h1-11,14H,12-13H2,(H,24,25). The van der Waals surface area contributed by atoms with Gasteiger partial charge in [0.25, 0.3) is 5.91 Å². The monoisotopic (exact) mass is 429 g/mol. The first-order chi connectivity index (χ1) is 12.6. The molecule has 0 fully saturated rings. The van der Waals surface area contributed by atoms with E-state index in [1.54, 1.807) is 42.5 Å². The first-order valence-electron chi connectivity index (χ1n) is 8.15. The van der Waals surface area contributed by atoms with Crippen molar-refractivity contribution in [1.29, 1.82) is 0 Å². The lowest BCUT2D eigenvalue weighted by atomic mass is 10.2. The maximum absolute atomic E-state index is 12.4. The van der Waals surface area contributed by atoms with Crippen LogP contribution in [0, 0.1) is 0 Å². The highest BCUT2D eigenvalue weighted by molar-refractivity contribution is 9.10. The summed E-state index contributed by atoms with van der Waals surface area (Å²) in [6.45, 7) is 0.568. The zero-order chi connectivity index (χ0) is 18.4. The summed E-state index contributed by atoms with van der Waals surface area (Å²) in [6, 6.07) is 22.4. The molecule has 0 aliphatic heterocycles. The molecule has 26 heavy (non-hydrogen) atoms. The van der Waals surface area contributed by atoms with Gasteiger partial charge in [-0.3, -0.25) is 4.79 Å². The number of rotatable bonds is 6. The minimum atomic E-state index is -0.191. The molecule has 0 bridgehead atoms. The summed E-state index contributed by atoms with van der Waals surface area (Å²) in [5, 5.41) is 3.47. The number of carbonyl (C=O) groups excluding carboxylic acids is 1. The number of ether oxygens (including phenoxy) is 1. The summed E-state index contributed by atoms with van der Waals surface area (Å²) >= 11 is 9.33. The number of amides is 1. The minimum Gasteiger partial charge on any atom is -0.492 e. The fraction of sp³-hybridized carbons (Fsp3) is 0.0952. The van der Waals surface area contributed by atoms with E-state index < -0.39 is 0 Å². The zero-order valence-corrected chi connectivity index (χ0v) is 16.3. The highest BCUT2D eigenvalue weighted by atomic mass is 79.9. The van der Waals surface area contributed by atoms with Gasteiger partial charge in [0.1, 0.15) is 5.75 Å². The normalized spacial score (nSPS) is 10.4. The third kappa shape index (κ3) is 5.10. The Morgan fingerprint density at radius 1 is 1.00 bits per heavy atom. The molecule has 0 aliphatic rings. The first-order valence-corrected chi connectivity index (χ1v) is 9.32. The van der Waals surface area contributed by atoms with Crippen molar-refractivity contribution in [3.63, 3.8) is 0 Å². The van der Waals surface area contributed by atoms with E-state index in [2.05, 4.69) is 33.4 Å². The second-order valence-electron chi connectivity index (χ2n) is 5.69. The maximum atomic E-state index is 12.4. The lowest BCUT2D eigenvalue weighted by Crippen LogP contribution is -2.12. The Morgan fingerprint density at radius 3 is 2.42 bits per heavy atom. The van der Waals surface area contributed by atoms with E-state index in [1.807, 2.05) is 18.2 Å². The average molecular weight is 431 g/mol. The van der Waals surface area contributed by atoms with Crippen molar-refractivity contribution in [2.75, 3.05) is 11.9 Å². The molecule has 3 rings (SSSR count). The van der Waals surface area contributed by atoms with Crippen LogP contribution in [0.2, 0.25) is 5.02 Å². The van der Waals surface area contributed by atoms with Crippen molar-refractivity contribution in [1.82, 2.24) is 0 Å². The van der Waals surface area contributed by atoms with E-state index in [0.29, 0.717) is 28.6 Å². The van der Waals surface area contributed by atoms with E-state index in [9.17, 15) is 4.79 Å². The van der Waals surface area contributed by atoms with Crippen LogP contribution in [0.4, 0.5) is 5.69 Å². The van der Waals surface area contributed by atoms with Crippen LogP contribution in [-0.2, 0) is 6.42 Å². The molecule has 0 radical (unpaired) electrons. The summed E-state index contributed by atoms with van der Waals surface area (Å²) in [6.07, 6.45) is 0.825. The van der Waals surface area contributed by atoms with Crippen LogP contribution in [0.1, 0.15) is 15.9 Å². The average Bonchev–Trinajstić information content (AvgIpc) is 2.65. The molecule has 5 heteroatoms. The highest BCUT2D eigenvalue weighted by Gasteiger charge is 2.10. The summed E-state index contributed by atoms with van der Waals surface area (Å²) in [5.74, 6) is 0.521. The van der Waals surface area contributed by atoms with Crippen LogP contribution < -0.4 is 10.1 Å². The lowest BCUT2D eigenvalue weighted by molar-refractivity contribution is 0.102. The Bertz CT molecular complexity index is 882. The molecule has 3 aromatic carbocycles. The molecule has 0 spiro atoms. The first kappa shape index (κ1) is 18.5. The molecule has 3 aromatic rings. The van der Waals surface area contributed by atoms with Gasteiger partial charge in [-0.25, -0.2) is 0 Å². The van der Waals surface area contributed by atoms with Gasteiger partial charge in [-0.05, 0) is 64.0 Å². The second kappa shape index (κ2) is 8.88. The molecular weight excluding hydrogens is 414 g/mol. The predicted octanol–water partition coefficient (Wildman–Crippen LogP) is 5.98. The van der Waals surface area contributed by atoms with Crippen LogP contribution >= 0.6 is 27.5 Å². The fourth-order valence-electron chi connectivity index (χ4n) is 2.42. The Morgan fingerprint density at radius 2 is 1.73 bits per heavy atom. The van der Waals surface area contributed by atoms with Crippen molar-refractivity contribution in [2.24, 2.45) is 0 Å². The number of benzene rings is 3. The van der Waals surface area contributed by atoms with Gasteiger partial charge in [-0.2, -0.15) is 0 Å². The van der Waals surface area contributed by atoms with Crippen LogP contribution in [0.5, 0.6) is 5.75 Å². The van der Waals surface area contributed by atoms with Crippen LogP contribution in [0.15, 0.2) is 77.3 Å². The van der Waals surface area contributed by atoms with Gasteiger partial charge in [0.2, 0.25) is 0 Å². The quantitative estimate of drug-likeness (QED) is 0.523. The molecule has 0 saturated carbocycles. The third-order valence-electron chi connectivity index (χ3n) is 3.79. The van der Waals surface area contributed by atoms with Crippen molar-refractivity contribution < 1.29 is 9.53 Å². The summed E-state index contributed by atoms with van der Waals surface area (Å²) in [5.41, 5.74) is 2.46. The Hall–Kier alpha value is -2.30. The SMILES string of the molecule is O=C(Nc1ccc(Cl)cc1)c1ccc(OCCc2ccccc2)c(Br)c1. The molecule has 0 unspecified atom stereocenters. The maximum Gasteiger partial charge on any atom is 0.255 e. The van der Waals surface area contributed by atoms with E-state index in [0.717, 1.165) is 10.9 Å². The summed E-state index contributed by atoms with van der Waals surface area (Å²) in [7, 11) is 0. The Kier molecular flexibility index (Phi) is 6.31.